The lowest BCUT2D eigenvalue weighted by Gasteiger charge is -2.50. The zero-order valence-corrected chi connectivity index (χ0v) is 40.3. The summed E-state index contributed by atoms with van der Waals surface area (Å²) in [6, 6.07) is 0. The van der Waals surface area contributed by atoms with Crippen molar-refractivity contribution in [3.63, 3.8) is 0 Å². The normalized spacial score (nSPS) is 38.7. The van der Waals surface area contributed by atoms with Gasteiger partial charge in [0.2, 0.25) is 0 Å². The Bertz CT molecular complexity index is 1110. The highest BCUT2D eigenvalue weighted by atomic mass is 31.1. The van der Waals surface area contributed by atoms with Crippen LogP contribution in [0.4, 0.5) is 0 Å². The molecule has 3 aliphatic rings. The van der Waals surface area contributed by atoms with Crippen molar-refractivity contribution >= 4 is 99.4 Å². The Morgan fingerprint density at radius 3 is 1.49 bits per heavy atom. The van der Waals surface area contributed by atoms with E-state index in [2.05, 4.69) is 85.2 Å². The molecule has 0 aromatic carbocycles. The van der Waals surface area contributed by atoms with Gasteiger partial charge in [-0.1, -0.05) is 19.1 Å². The molecule has 0 radical (unpaired) electrons. The molecule has 0 aromatic heterocycles. The summed E-state index contributed by atoms with van der Waals surface area (Å²) in [6.45, 7) is 3.75. The van der Waals surface area contributed by atoms with E-state index in [9.17, 15) is 9.36 Å². The van der Waals surface area contributed by atoms with Crippen molar-refractivity contribution in [3.05, 3.63) is 12.2 Å². The van der Waals surface area contributed by atoms with Crippen molar-refractivity contribution < 1.29 is 78.5 Å². The smallest absolute Gasteiger partial charge is 0.187 e. The predicted octanol–water partition coefficient (Wildman–Crippen LogP) is 3.25. The molecule has 0 aliphatic carbocycles. The largest absolute Gasteiger partial charge is 0.363 e. The Kier molecular flexibility index (Phi) is 25.4. The number of ketones is 1. The minimum Gasteiger partial charge on any atom is -0.363 e. The van der Waals surface area contributed by atoms with Crippen LogP contribution in [-0.2, 0) is 78.5 Å². The Balaban J connectivity index is 1.86. The zero-order valence-electron chi connectivity index (χ0n) is 29.0. The van der Waals surface area contributed by atoms with Gasteiger partial charge in [-0.25, -0.2) is 0 Å². The quantitative estimate of drug-likeness (QED) is 0.108. The Labute approximate surface area is 333 Å². The standard InChI is InChI=1S/C26H52O17P10/c1-10(11(2)27)5-3-4-6-29-24-21(42-51)18(39-48)15(12(33-24)7-30-44)36-25-22(43-52)19(40-49)16(13(34-25)8-31-45)37-26-23(53-28)20(41-50)17(38-47)14(35-26)9-32-46/h3-4,10,12-26H,5-9,44-52H2,1-2H3/b4-3+/t10?,12?,13?,14?,15?,16?,17-,18-,19-,20-,21+,22+,23?,24?,25?,26-/m0/s1. The Morgan fingerprint density at radius 1 is 0.604 bits per heavy atom. The highest BCUT2D eigenvalue weighted by Gasteiger charge is 2.56. The van der Waals surface area contributed by atoms with Crippen molar-refractivity contribution in [1.29, 1.82) is 0 Å². The molecule has 0 spiro atoms. The number of carbonyl (C=O) groups excluding carboxylic acids is 1. The van der Waals surface area contributed by atoms with E-state index < -0.39 is 91.7 Å². The van der Waals surface area contributed by atoms with Gasteiger partial charge in [0.05, 0.1) is 26.4 Å². The maximum Gasteiger partial charge on any atom is 0.187 e. The van der Waals surface area contributed by atoms with E-state index in [0.29, 0.717) is 6.42 Å². The molecule has 3 saturated heterocycles. The molecule has 0 saturated carbocycles. The molecule has 308 valence electrons. The van der Waals surface area contributed by atoms with Gasteiger partial charge in [0.1, 0.15) is 78.6 Å². The van der Waals surface area contributed by atoms with E-state index >= 15 is 0 Å². The molecule has 0 amide bonds. The van der Waals surface area contributed by atoms with Crippen LogP contribution in [0.5, 0.6) is 0 Å². The topological polar surface area (TPSA) is 173 Å². The van der Waals surface area contributed by atoms with Gasteiger partial charge >= 0.3 is 0 Å². The summed E-state index contributed by atoms with van der Waals surface area (Å²) in [5.74, 6) is 0.0124. The summed E-state index contributed by atoms with van der Waals surface area (Å²) in [5.41, 5.74) is -0.837. The maximum absolute atomic E-state index is 12.5. The predicted molar refractivity (Wildman–Crippen MR) is 221 cm³/mol. The van der Waals surface area contributed by atoms with E-state index in [1.54, 1.807) is 6.92 Å². The van der Waals surface area contributed by atoms with Gasteiger partial charge in [-0.05, 0) is 13.3 Å². The molecule has 3 aliphatic heterocycles. The maximum atomic E-state index is 12.5. The Morgan fingerprint density at radius 2 is 1.04 bits per heavy atom. The van der Waals surface area contributed by atoms with E-state index in [1.807, 2.05) is 19.1 Å². The van der Waals surface area contributed by atoms with Crippen LogP contribution in [0.25, 0.3) is 0 Å². The van der Waals surface area contributed by atoms with Crippen LogP contribution in [0.2, 0.25) is 0 Å². The van der Waals surface area contributed by atoms with Crippen LogP contribution in [-0.4, -0.2) is 124 Å². The van der Waals surface area contributed by atoms with E-state index in [1.165, 1.54) is 0 Å². The molecule has 3 fully saturated rings. The summed E-state index contributed by atoms with van der Waals surface area (Å²) >= 11 is 0. The highest BCUT2D eigenvalue weighted by molar-refractivity contribution is 7.25. The zero-order chi connectivity index (χ0) is 39.1. The van der Waals surface area contributed by atoms with E-state index in [-0.39, 0.29) is 46.6 Å². The molecule has 0 N–H and O–H groups in total. The second-order valence-corrected chi connectivity index (χ2v) is 15.5. The fourth-order valence-electron chi connectivity index (χ4n) is 6.05. The van der Waals surface area contributed by atoms with Crippen LogP contribution in [0.15, 0.2) is 12.2 Å². The molecule has 25 atom stereocenters. The number of carbonyl (C=O) groups is 1. The second-order valence-electron chi connectivity index (χ2n) is 12.1. The monoisotopic (exact) mass is 946 g/mol. The van der Waals surface area contributed by atoms with Crippen LogP contribution < -0.4 is 0 Å². The minimum atomic E-state index is -1.13. The number of hydrogen-bond acceptors (Lipinski definition) is 17. The summed E-state index contributed by atoms with van der Waals surface area (Å²) in [5, 5.41) is 0. The molecule has 27 heteroatoms. The van der Waals surface area contributed by atoms with Crippen molar-refractivity contribution in [3.8, 4) is 0 Å². The summed E-state index contributed by atoms with van der Waals surface area (Å²) < 4.78 is 101. The fourth-order valence-corrected chi connectivity index (χ4v) is 9.19. The number of allylic oxidation sites excluding steroid dienone is 1. The molecule has 0 bridgehead atoms. The van der Waals surface area contributed by atoms with Gasteiger partial charge in [-0.15, -0.1) is 0 Å². The van der Waals surface area contributed by atoms with E-state index in [4.69, 9.17) is 69.1 Å². The molecular weight excluding hydrogens is 894 g/mol. The third kappa shape index (κ3) is 13.6. The molecule has 0 aromatic rings. The number of ether oxygens (including phenoxy) is 6. The molecular formula is C26H52O17P10. The van der Waals surface area contributed by atoms with E-state index in [0.717, 1.165) is 0 Å². The van der Waals surface area contributed by atoms with Crippen molar-refractivity contribution in [2.45, 2.75) is 112 Å². The lowest BCUT2D eigenvalue weighted by atomic mass is 9.96. The first kappa shape index (κ1) is 50.1. The lowest BCUT2D eigenvalue weighted by Crippen LogP contribution is -2.66. The minimum absolute atomic E-state index is 0.0103. The average molecular weight is 946 g/mol. The first-order chi connectivity index (χ1) is 25.6. The first-order valence-electron chi connectivity index (χ1n) is 16.1. The van der Waals surface area contributed by atoms with Gasteiger partial charge in [0, 0.05) is 91.1 Å². The highest BCUT2D eigenvalue weighted by Crippen LogP contribution is 2.41. The second kappa shape index (κ2) is 26.9. The number of hydrogen-bond donors (Lipinski definition) is 0. The van der Waals surface area contributed by atoms with Crippen molar-refractivity contribution in [1.82, 2.24) is 0 Å². The Hall–Kier alpha value is 2.78. The fraction of sp³-hybridized carbons (Fsp3) is 0.885. The van der Waals surface area contributed by atoms with Gasteiger partial charge in [-0.3, -0.25) is 9.36 Å². The average Bonchev–Trinajstić information content (AvgIpc) is 3.15. The third-order valence-electron chi connectivity index (χ3n) is 8.93. The molecule has 53 heavy (non-hydrogen) atoms. The molecule has 17 nitrogen and oxygen atoms in total. The van der Waals surface area contributed by atoms with Crippen LogP contribution in [0.1, 0.15) is 20.3 Å². The van der Waals surface area contributed by atoms with Crippen LogP contribution >= 0.6 is 93.7 Å². The van der Waals surface area contributed by atoms with Crippen molar-refractivity contribution in [2.75, 3.05) is 26.4 Å². The van der Waals surface area contributed by atoms with Gasteiger partial charge in [0.15, 0.2) is 27.3 Å². The lowest BCUT2D eigenvalue weighted by molar-refractivity contribution is -0.360. The van der Waals surface area contributed by atoms with Gasteiger partial charge in [-0.2, -0.15) is 0 Å². The molecule has 3 heterocycles. The van der Waals surface area contributed by atoms with Crippen molar-refractivity contribution in [2.24, 2.45) is 5.92 Å². The van der Waals surface area contributed by atoms with Gasteiger partial charge in [0.25, 0.3) is 0 Å². The summed E-state index contributed by atoms with van der Waals surface area (Å²) in [7, 11) is 19.4. The van der Waals surface area contributed by atoms with Crippen LogP contribution in [0.3, 0.4) is 0 Å². The molecule has 18 unspecified atom stereocenters. The SMILES string of the molecule is CC(=O)C(C)C/C=C/COC1OC(COP)C(OC2OC(COP)C(O[C@@H]3OC(COP)[C@H](OP)[C@H](OP)C3P=O)[C@H](OP)[C@H]2OP)[C@H](OP)[C@H]1OP. The summed E-state index contributed by atoms with van der Waals surface area (Å²) in [6.07, 6.45) is -7.77. The number of Topliss-reactive ketones (excluding diaryl/α,β-unsaturated/α-hetero) is 1. The molecule has 3 rings (SSSR count). The number of rotatable bonds is 23. The summed E-state index contributed by atoms with van der Waals surface area (Å²) in [4.78, 5) is 11.6. The third-order valence-corrected chi connectivity index (χ3v) is 12.2. The van der Waals surface area contributed by atoms with Crippen LogP contribution in [0, 0.1) is 5.92 Å². The first-order valence-corrected chi connectivity index (χ1v) is 21.2. The van der Waals surface area contributed by atoms with Gasteiger partial charge < -0.3 is 69.1 Å².